The lowest BCUT2D eigenvalue weighted by Gasteiger charge is -2.23. The maximum Gasteiger partial charge on any atom is 0.0347 e. The fourth-order valence-corrected chi connectivity index (χ4v) is 2.68. The fourth-order valence-electron chi connectivity index (χ4n) is 2.68. The zero-order valence-corrected chi connectivity index (χ0v) is 10.2. The molecule has 0 aliphatic carbocycles. The van der Waals surface area contributed by atoms with Crippen molar-refractivity contribution in [3.8, 4) is 0 Å². The van der Waals surface area contributed by atoms with E-state index in [2.05, 4.69) is 24.0 Å². The average Bonchev–Trinajstić information content (AvgIpc) is 2.75. The first-order chi connectivity index (χ1) is 7.81. The van der Waals surface area contributed by atoms with Crippen LogP contribution in [0.25, 0.3) is 0 Å². The van der Waals surface area contributed by atoms with Gasteiger partial charge in [0.1, 0.15) is 0 Å². The number of nitrogens with two attached hydrogens (primary N) is 1. The van der Waals surface area contributed by atoms with Gasteiger partial charge in [-0.3, -0.25) is 0 Å². The molecule has 0 amide bonds. The Morgan fingerprint density at radius 2 is 2.19 bits per heavy atom. The van der Waals surface area contributed by atoms with E-state index in [1.54, 1.807) is 0 Å². The minimum Gasteiger partial charge on any atom is -0.399 e. The summed E-state index contributed by atoms with van der Waals surface area (Å²) >= 11 is 0. The van der Waals surface area contributed by atoms with Gasteiger partial charge < -0.3 is 10.6 Å². The highest BCUT2D eigenvalue weighted by Crippen LogP contribution is 2.21. The normalized spacial score (nSPS) is 21.4. The number of nitrogens with zero attached hydrogens (tertiary/aromatic N) is 1. The first kappa shape index (κ1) is 11.5. The highest BCUT2D eigenvalue weighted by molar-refractivity contribution is 5.46. The first-order valence-electron chi connectivity index (χ1n) is 6.38. The van der Waals surface area contributed by atoms with Crippen molar-refractivity contribution in [2.45, 2.75) is 38.6 Å². The molecule has 1 aromatic carbocycles. The lowest BCUT2D eigenvalue weighted by molar-refractivity contribution is 0.251. The fraction of sp³-hybridized carbons (Fsp3) is 0.571. The molecule has 1 saturated heterocycles. The van der Waals surface area contributed by atoms with Gasteiger partial charge >= 0.3 is 0 Å². The number of benzene rings is 1. The largest absolute Gasteiger partial charge is 0.399 e. The summed E-state index contributed by atoms with van der Waals surface area (Å²) in [5, 5.41) is 0. The number of hydrogen-bond donors (Lipinski definition) is 1. The molecule has 88 valence electrons. The molecule has 1 atom stereocenters. The van der Waals surface area contributed by atoms with Gasteiger partial charge in [-0.25, -0.2) is 0 Å². The number of para-hydroxylation sites is 1. The van der Waals surface area contributed by atoms with Crippen molar-refractivity contribution in [2.75, 3.05) is 18.8 Å². The van der Waals surface area contributed by atoms with Crippen molar-refractivity contribution in [3.05, 3.63) is 29.8 Å². The minimum absolute atomic E-state index is 0.810. The van der Waals surface area contributed by atoms with Gasteiger partial charge in [-0.1, -0.05) is 25.1 Å². The molecule has 0 spiro atoms. The SMILES string of the molecule is CCC1CCCN1CCc1ccccc1N. The molecule has 1 unspecified atom stereocenters. The number of rotatable bonds is 4. The Hall–Kier alpha value is -1.02. The predicted molar refractivity (Wildman–Crippen MR) is 69.4 cm³/mol. The minimum atomic E-state index is 0.810. The molecule has 1 heterocycles. The molecule has 2 heteroatoms. The lowest BCUT2D eigenvalue weighted by Crippen LogP contribution is -2.30. The third kappa shape index (κ3) is 2.56. The number of likely N-dealkylation sites (tertiary alicyclic amines) is 1. The van der Waals surface area contributed by atoms with Gasteiger partial charge in [0.05, 0.1) is 0 Å². The van der Waals surface area contributed by atoms with Crippen LogP contribution in [0, 0.1) is 0 Å². The van der Waals surface area contributed by atoms with Gasteiger partial charge in [0.15, 0.2) is 0 Å². The van der Waals surface area contributed by atoms with E-state index in [1.807, 2.05) is 12.1 Å². The Morgan fingerprint density at radius 1 is 1.38 bits per heavy atom. The Labute approximate surface area is 98.4 Å². The Kier molecular flexibility index (Phi) is 3.83. The predicted octanol–water partition coefficient (Wildman–Crippen LogP) is 2.69. The van der Waals surface area contributed by atoms with Crippen LogP contribution in [-0.2, 0) is 6.42 Å². The molecule has 2 rings (SSSR count). The molecule has 0 bridgehead atoms. The number of nitrogen functional groups attached to an aromatic ring is 1. The summed E-state index contributed by atoms with van der Waals surface area (Å²) in [6, 6.07) is 9.03. The topological polar surface area (TPSA) is 29.3 Å². The van der Waals surface area contributed by atoms with Crippen molar-refractivity contribution < 1.29 is 0 Å². The Bertz CT molecular complexity index is 335. The summed E-state index contributed by atoms with van der Waals surface area (Å²) in [5.74, 6) is 0. The molecular formula is C14H22N2. The van der Waals surface area contributed by atoms with Gasteiger partial charge in [0.2, 0.25) is 0 Å². The van der Waals surface area contributed by atoms with Crippen LogP contribution in [0.5, 0.6) is 0 Å². The van der Waals surface area contributed by atoms with Crippen LogP contribution in [0.2, 0.25) is 0 Å². The summed E-state index contributed by atoms with van der Waals surface area (Å²) < 4.78 is 0. The van der Waals surface area contributed by atoms with Crippen LogP contribution in [0.15, 0.2) is 24.3 Å². The standard InChI is InChI=1S/C14H22N2/c1-2-13-7-5-10-16(13)11-9-12-6-3-4-8-14(12)15/h3-4,6,8,13H,2,5,7,9-11,15H2,1H3. The van der Waals surface area contributed by atoms with Crippen molar-refractivity contribution in [1.29, 1.82) is 0 Å². The molecule has 1 aromatic rings. The average molecular weight is 218 g/mol. The van der Waals surface area contributed by atoms with Crippen molar-refractivity contribution in [1.82, 2.24) is 4.90 Å². The lowest BCUT2D eigenvalue weighted by atomic mass is 10.1. The van der Waals surface area contributed by atoms with E-state index < -0.39 is 0 Å². The van der Waals surface area contributed by atoms with E-state index >= 15 is 0 Å². The van der Waals surface area contributed by atoms with Crippen molar-refractivity contribution >= 4 is 5.69 Å². The second-order valence-corrected chi connectivity index (χ2v) is 4.69. The van der Waals surface area contributed by atoms with Gasteiger partial charge in [-0.15, -0.1) is 0 Å². The van der Waals surface area contributed by atoms with Gasteiger partial charge in [-0.2, -0.15) is 0 Å². The second kappa shape index (κ2) is 5.35. The molecule has 1 aliphatic heterocycles. The molecule has 0 aromatic heterocycles. The second-order valence-electron chi connectivity index (χ2n) is 4.69. The summed E-state index contributed by atoms with van der Waals surface area (Å²) in [4.78, 5) is 2.62. The van der Waals surface area contributed by atoms with E-state index in [9.17, 15) is 0 Å². The highest BCUT2D eigenvalue weighted by atomic mass is 15.2. The Morgan fingerprint density at radius 3 is 2.94 bits per heavy atom. The van der Waals surface area contributed by atoms with E-state index in [0.717, 1.165) is 24.7 Å². The van der Waals surface area contributed by atoms with Crippen LogP contribution in [0.1, 0.15) is 31.7 Å². The molecule has 0 radical (unpaired) electrons. The summed E-state index contributed by atoms with van der Waals surface area (Å²) in [7, 11) is 0. The number of hydrogen-bond acceptors (Lipinski definition) is 2. The van der Waals surface area contributed by atoms with E-state index in [0.29, 0.717) is 0 Å². The molecule has 1 aliphatic rings. The summed E-state index contributed by atoms with van der Waals surface area (Å²) in [5.41, 5.74) is 8.19. The maximum atomic E-state index is 5.95. The van der Waals surface area contributed by atoms with Crippen LogP contribution >= 0.6 is 0 Å². The van der Waals surface area contributed by atoms with Gasteiger partial charge in [0.25, 0.3) is 0 Å². The summed E-state index contributed by atoms with van der Waals surface area (Å²) in [6.07, 6.45) is 5.11. The smallest absolute Gasteiger partial charge is 0.0347 e. The first-order valence-corrected chi connectivity index (χ1v) is 6.38. The monoisotopic (exact) mass is 218 g/mol. The van der Waals surface area contributed by atoms with Gasteiger partial charge in [0, 0.05) is 18.3 Å². The third-order valence-corrected chi connectivity index (χ3v) is 3.69. The molecule has 0 saturated carbocycles. The van der Waals surface area contributed by atoms with Crippen LogP contribution in [0.3, 0.4) is 0 Å². The third-order valence-electron chi connectivity index (χ3n) is 3.69. The van der Waals surface area contributed by atoms with E-state index in [4.69, 9.17) is 5.73 Å². The van der Waals surface area contributed by atoms with Crippen LogP contribution < -0.4 is 5.73 Å². The zero-order valence-electron chi connectivity index (χ0n) is 10.2. The van der Waals surface area contributed by atoms with Gasteiger partial charge in [-0.05, 0) is 43.9 Å². The quantitative estimate of drug-likeness (QED) is 0.787. The van der Waals surface area contributed by atoms with Crippen LogP contribution in [-0.4, -0.2) is 24.0 Å². The van der Waals surface area contributed by atoms with E-state index in [-0.39, 0.29) is 0 Å². The molecule has 2 nitrogen and oxygen atoms in total. The summed E-state index contributed by atoms with van der Waals surface area (Å²) in [6.45, 7) is 4.72. The molecule has 2 N–H and O–H groups in total. The van der Waals surface area contributed by atoms with Crippen molar-refractivity contribution in [3.63, 3.8) is 0 Å². The zero-order chi connectivity index (χ0) is 11.4. The van der Waals surface area contributed by atoms with E-state index in [1.165, 1.54) is 31.4 Å². The maximum absolute atomic E-state index is 5.95. The molecule has 16 heavy (non-hydrogen) atoms. The number of anilines is 1. The molecule has 1 fully saturated rings. The molecular weight excluding hydrogens is 196 g/mol. The van der Waals surface area contributed by atoms with Crippen LogP contribution in [0.4, 0.5) is 5.69 Å². The Balaban J connectivity index is 1.90. The van der Waals surface area contributed by atoms with Crippen molar-refractivity contribution in [2.24, 2.45) is 0 Å². The highest BCUT2D eigenvalue weighted by Gasteiger charge is 2.22.